The molecule has 0 saturated carbocycles. The molecule has 0 saturated heterocycles. The standard InChI is InChI=1S/C18H15N7/c19-15-17(24-13-6-9-20-10-7-13)22-11-23-18(15)25-14-5-1-3-12-4-2-8-21-16(12)14/h1-11H,19H2,(H2,20,22,23,24,25). The normalized spacial score (nSPS) is 10.6. The average molecular weight is 329 g/mol. The van der Waals surface area contributed by atoms with Gasteiger partial charge in [0, 0.05) is 29.7 Å². The molecule has 0 spiro atoms. The fraction of sp³-hybridized carbons (Fsp3) is 0. The maximum absolute atomic E-state index is 6.24. The zero-order valence-electron chi connectivity index (χ0n) is 13.2. The Kier molecular flexibility index (Phi) is 3.80. The minimum absolute atomic E-state index is 0.423. The number of nitrogens with one attached hydrogen (secondary N) is 2. The Labute approximate surface area is 144 Å². The number of benzene rings is 1. The molecule has 0 unspecified atom stereocenters. The number of nitrogens with zero attached hydrogens (tertiary/aromatic N) is 4. The van der Waals surface area contributed by atoms with Crippen LogP contribution in [0.25, 0.3) is 10.9 Å². The zero-order chi connectivity index (χ0) is 17.1. The van der Waals surface area contributed by atoms with Crippen molar-refractivity contribution in [2.75, 3.05) is 16.4 Å². The summed E-state index contributed by atoms with van der Waals surface area (Å²) in [6.07, 6.45) is 6.61. The summed E-state index contributed by atoms with van der Waals surface area (Å²) in [5.41, 5.74) is 9.19. The van der Waals surface area contributed by atoms with E-state index in [1.54, 1.807) is 18.6 Å². The van der Waals surface area contributed by atoms with Gasteiger partial charge in [0.2, 0.25) is 0 Å². The molecular formula is C18H15N7. The topological polar surface area (TPSA) is 102 Å². The van der Waals surface area contributed by atoms with Gasteiger partial charge in [-0.1, -0.05) is 18.2 Å². The summed E-state index contributed by atoms with van der Waals surface area (Å²) in [7, 11) is 0. The van der Waals surface area contributed by atoms with Crippen molar-refractivity contribution in [1.29, 1.82) is 0 Å². The quantitative estimate of drug-likeness (QED) is 0.526. The maximum atomic E-state index is 6.24. The van der Waals surface area contributed by atoms with E-state index in [1.807, 2.05) is 42.5 Å². The largest absolute Gasteiger partial charge is 0.393 e. The van der Waals surface area contributed by atoms with E-state index in [2.05, 4.69) is 30.6 Å². The second kappa shape index (κ2) is 6.40. The minimum Gasteiger partial charge on any atom is -0.393 e. The summed E-state index contributed by atoms with van der Waals surface area (Å²) < 4.78 is 0. The molecule has 0 bridgehead atoms. The molecule has 4 aromatic rings. The first-order valence-electron chi connectivity index (χ1n) is 7.69. The van der Waals surface area contributed by atoms with E-state index in [1.165, 1.54) is 6.33 Å². The highest BCUT2D eigenvalue weighted by Crippen LogP contribution is 2.30. The van der Waals surface area contributed by atoms with E-state index >= 15 is 0 Å². The van der Waals surface area contributed by atoms with Crippen LogP contribution in [0.3, 0.4) is 0 Å². The molecule has 0 aliphatic heterocycles. The Hall–Kier alpha value is -3.74. The van der Waals surface area contributed by atoms with Crippen molar-refractivity contribution >= 4 is 39.6 Å². The van der Waals surface area contributed by atoms with Crippen LogP contribution in [0.5, 0.6) is 0 Å². The smallest absolute Gasteiger partial charge is 0.159 e. The lowest BCUT2D eigenvalue weighted by molar-refractivity contribution is 1.17. The van der Waals surface area contributed by atoms with Crippen LogP contribution in [0.4, 0.5) is 28.7 Å². The molecule has 0 aliphatic carbocycles. The van der Waals surface area contributed by atoms with Crippen molar-refractivity contribution in [2.24, 2.45) is 0 Å². The third kappa shape index (κ3) is 3.02. The van der Waals surface area contributed by atoms with Gasteiger partial charge in [0.05, 0.1) is 11.2 Å². The highest BCUT2D eigenvalue weighted by atomic mass is 15.1. The molecular weight excluding hydrogens is 314 g/mol. The van der Waals surface area contributed by atoms with E-state index in [4.69, 9.17) is 5.73 Å². The molecule has 1 aromatic carbocycles. The first kappa shape index (κ1) is 14.8. The minimum atomic E-state index is 0.423. The molecule has 25 heavy (non-hydrogen) atoms. The Morgan fingerprint density at radius 3 is 2.36 bits per heavy atom. The zero-order valence-corrected chi connectivity index (χ0v) is 13.2. The predicted octanol–water partition coefficient (Wildman–Crippen LogP) is 3.49. The van der Waals surface area contributed by atoms with Crippen LogP contribution >= 0.6 is 0 Å². The summed E-state index contributed by atoms with van der Waals surface area (Å²) >= 11 is 0. The van der Waals surface area contributed by atoms with Crippen molar-refractivity contribution in [3.63, 3.8) is 0 Å². The first-order chi connectivity index (χ1) is 12.3. The average Bonchev–Trinajstić information content (AvgIpc) is 2.66. The lowest BCUT2D eigenvalue weighted by Crippen LogP contribution is -2.05. The van der Waals surface area contributed by atoms with E-state index in [-0.39, 0.29) is 0 Å². The van der Waals surface area contributed by atoms with Crippen molar-refractivity contribution in [1.82, 2.24) is 19.9 Å². The van der Waals surface area contributed by atoms with Gasteiger partial charge in [-0.05, 0) is 24.3 Å². The Balaban J connectivity index is 1.68. The van der Waals surface area contributed by atoms with Crippen molar-refractivity contribution < 1.29 is 0 Å². The van der Waals surface area contributed by atoms with Gasteiger partial charge in [0.15, 0.2) is 11.6 Å². The summed E-state index contributed by atoms with van der Waals surface area (Å²) in [4.78, 5) is 16.9. The molecule has 3 heterocycles. The molecule has 122 valence electrons. The van der Waals surface area contributed by atoms with E-state index in [9.17, 15) is 0 Å². The van der Waals surface area contributed by atoms with Crippen LogP contribution in [-0.2, 0) is 0 Å². The fourth-order valence-corrected chi connectivity index (χ4v) is 2.50. The van der Waals surface area contributed by atoms with Gasteiger partial charge in [-0.15, -0.1) is 0 Å². The van der Waals surface area contributed by atoms with Crippen LogP contribution in [-0.4, -0.2) is 19.9 Å². The van der Waals surface area contributed by atoms with Crippen LogP contribution < -0.4 is 16.4 Å². The Morgan fingerprint density at radius 2 is 1.52 bits per heavy atom. The number of aromatic nitrogens is 4. The van der Waals surface area contributed by atoms with Crippen LogP contribution in [0.15, 0.2) is 67.4 Å². The van der Waals surface area contributed by atoms with E-state index in [0.717, 1.165) is 22.3 Å². The number of hydrogen-bond acceptors (Lipinski definition) is 7. The summed E-state index contributed by atoms with van der Waals surface area (Å²) in [6, 6.07) is 13.5. The number of anilines is 5. The molecule has 0 aliphatic rings. The van der Waals surface area contributed by atoms with Crippen LogP contribution in [0.1, 0.15) is 0 Å². The van der Waals surface area contributed by atoms with Gasteiger partial charge in [-0.3, -0.25) is 9.97 Å². The second-order valence-electron chi connectivity index (χ2n) is 5.35. The van der Waals surface area contributed by atoms with Crippen LogP contribution in [0.2, 0.25) is 0 Å². The van der Waals surface area contributed by atoms with Gasteiger partial charge in [0.25, 0.3) is 0 Å². The number of nitrogens with two attached hydrogens (primary N) is 1. The molecule has 0 radical (unpaired) electrons. The molecule has 4 N–H and O–H groups in total. The van der Waals surface area contributed by atoms with E-state index < -0.39 is 0 Å². The molecule has 0 atom stereocenters. The van der Waals surface area contributed by atoms with Crippen LogP contribution in [0, 0.1) is 0 Å². The number of rotatable bonds is 4. The predicted molar refractivity (Wildman–Crippen MR) is 99.0 cm³/mol. The first-order valence-corrected chi connectivity index (χ1v) is 7.69. The Morgan fingerprint density at radius 1 is 0.760 bits per heavy atom. The monoisotopic (exact) mass is 329 g/mol. The van der Waals surface area contributed by atoms with Gasteiger partial charge in [-0.2, -0.15) is 0 Å². The second-order valence-corrected chi connectivity index (χ2v) is 5.35. The highest BCUT2D eigenvalue weighted by molar-refractivity contribution is 5.93. The van der Waals surface area contributed by atoms with Gasteiger partial charge in [-0.25, -0.2) is 9.97 Å². The Bertz CT molecular complexity index is 1010. The maximum Gasteiger partial charge on any atom is 0.159 e. The molecule has 0 amide bonds. The summed E-state index contributed by atoms with van der Waals surface area (Å²) in [6.45, 7) is 0. The third-order valence-electron chi connectivity index (χ3n) is 3.71. The summed E-state index contributed by atoms with van der Waals surface area (Å²) in [5.74, 6) is 1.04. The third-order valence-corrected chi connectivity index (χ3v) is 3.71. The lowest BCUT2D eigenvalue weighted by atomic mass is 10.2. The molecule has 7 heteroatoms. The van der Waals surface area contributed by atoms with Crippen molar-refractivity contribution in [3.8, 4) is 0 Å². The molecule has 3 aromatic heterocycles. The van der Waals surface area contributed by atoms with Crippen molar-refractivity contribution in [3.05, 3.63) is 67.4 Å². The molecule has 0 fully saturated rings. The number of fused-ring (bicyclic) bond motifs is 1. The van der Waals surface area contributed by atoms with E-state index in [0.29, 0.717) is 17.3 Å². The summed E-state index contributed by atoms with van der Waals surface area (Å²) in [5, 5.41) is 7.45. The lowest BCUT2D eigenvalue weighted by Gasteiger charge is -2.13. The number of pyridine rings is 2. The number of para-hydroxylation sites is 1. The van der Waals surface area contributed by atoms with Gasteiger partial charge < -0.3 is 16.4 Å². The number of nitrogen functional groups attached to an aromatic ring is 1. The van der Waals surface area contributed by atoms with Gasteiger partial charge >= 0.3 is 0 Å². The number of hydrogen-bond donors (Lipinski definition) is 3. The highest BCUT2D eigenvalue weighted by Gasteiger charge is 2.10. The molecule has 7 nitrogen and oxygen atoms in total. The SMILES string of the molecule is Nc1c(Nc2ccncc2)ncnc1Nc1cccc2cccnc12. The molecule has 4 rings (SSSR count). The van der Waals surface area contributed by atoms with Gasteiger partial charge in [0.1, 0.15) is 12.0 Å². The fourth-order valence-electron chi connectivity index (χ4n) is 2.50. The van der Waals surface area contributed by atoms with Crippen molar-refractivity contribution in [2.45, 2.75) is 0 Å².